The molecule has 518 valence electrons. The molecule has 0 aliphatic carbocycles. The number of unbranched alkanes of at least 4 members (excludes halogenated alkanes) is 12. The second-order valence-electron chi connectivity index (χ2n) is 24.1. The molecule has 0 aliphatic heterocycles. The minimum atomic E-state index is -1.65. The molecule has 0 aliphatic rings. The van der Waals surface area contributed by atoms with Crippen LogP contribution >= 0.6 is 0 Å². The first-order chi connectivity index (χ1) is 45.6. The van der Waals surface area contributed by atoms with Crippen molar-refractivity contribution in [1.29, 1.82) is 0 Å². The number of hydrogen-bond acceptors (Lipinski definition) is 8. The number of carboxylic acid groups (broad SMARTS) is 1. The van der Waals surface area contributed by atoms with Gasteiger partial charge in [0.15, 0.2) is 12.4 Å². The Morgan fingerprint density at radius 2 is 0.581 bits per heavy atom. The molecule has 0 aromatic heterocycles. The van der Waals surface area contributed by atoms with Gasteiger partial charge >= 0.3 is 11.9 Å². The quantitative estimate of drug-likeness (QED) is 0.0195. The Kier molecular flexibility index (Phi) is 66.5. The minimum absolute atomic E-state index is 0.126. The van der Waals surface area contributed by atoms with Crippen LogP contribution < -0.4 is 5.11 Å². The van der Waals surface area contributed by atoms with Gasteiger partial charge < -0.3 is 33.3 Å². The lowest BCUT2D eigenvalue weighted by Crippen LogP contribution is -2.44. The van der Waals surface area contributed by atoms with Crippen LogP contribution in [0, 0.1) is 0 Å². The van der Waals surface area contributed by atoms with Crippen molar-refractivity contribution in [2.24, 2.45) is 0 Å². The second-order valence-corrected chi connectivity index (χ2v) is 24.1. The van der Waals surface area contributed by atoms with Crippen molar-refractivity contribution >= 4 is 17.9 Å². The molecule has 0 amide bonds. The van der Waals surface area contributed by atoms with Gasteiger partial charge in [0, 0.05) is 12.8 Å². The summed E-state index contributed by atoms with van der Waals surface area (Å²) in [4.78, 5) is 37.5. The highest BCUT2D eigenvalue weighted by atomic mass is 16.7. The van der Waals surface area contributed by atoms with Crippen molar-refractivity contribution in [3.05, 3.63) is 219 Å². The van der Waals surface area contributed by atoms with E-state index in [9.17, 15) is 19.5 Å². The van der Waals surface area contributed by atoms with Crippen LogP contribution in [0.3, 0.4) is 0 Å². The number of carboxylic acids is 1. The van der Waals surface area contributed by atoms with Gasteiger partial charge in [-0.15, -0.1) is 0 Å². The molecule has 93 heavy (non-hydrogen) atoms. The predicted molar refractivity (Wildman–Crippen MR) is 397 cm³/mol. The Morgan fingerprint density at radius 3 is 0.882 bits per heavy atom. The average molecular weight is 1280 g/mol. The van der Waals surface area contributed by atoms with Gasteiger partial charge in [0.2, 0.25) is 0 Å². The largest absolute Gasteiger partial charge is 0.545 e. The van der Waals surface area contributed by atoms with Gasteiger partial charge in [-0.3, -0.25) is 9.59 Å². The number of quaternary nitrogens is 1. The van der Waals surface area contributed by atoms with Gasteiger partial charge in [-0.05, 0) is 154 Å². The maximum absolute atomic E-state index is 12.9. The van der Waals surface area contributed by atoms with Crippen LogP contribution in [0.5, 0.6) is 0 Å². The number of likely N-dealkylation sites (N-methyl/N-ethyl adjacent to an activating group) is 1. The van der Waals surface area contributed by atoms with Crippen molar-refractivity contribution < 1.29 is 42.9 Å². The van der Waals surface area contributed by atoms with Crippen LogP contribution in [0.15, 0.2) is 219 Å². The molecule has 0 saturated heterocycles. The van der Waals surface area contributed by atoms with E-state index in [0.29, 0.717) is 23.9 Å². The van der Waals surface area contributed by atoms with E-state index in [1.54, 1.807) is 0 Å². The standard InChI is InChI=1S/C84H129NO8/c1-6-8-10-12-14-16-18-20-22-24-26-28-30-32-34-36-38-40-41-43-44-46-48-50-52-54-56-58-60-62-64-66-68-70-72-74-81(86)91-78-80(79-92-84(83(88)89)90-77-76-85(3,4)5)93-82(87)75-73-71-69-67-65-63-61-59-57-55-53-51-49-47-45-42-39-37-35-33-31-29-27-25-23-21-19-17-15-13-11-9-7-2/h8-11,14-17,20-23,26-29,32-35,38-40,42-44,47-50,53,55,59,61,65,67,80,84H,6-7,12-13,18-19,24-25,30-31,36-37,41,45-46,51-52,54,56-58,60,62-64,66,68-79H2,1-5H3/b10-8-,11-9-,16-14-,17-15-,22-20-,23-21-,28-26-,29-27-,34-32-,35-33-,40-38-,42-39-,44-43-,49-47-,50-48-,55-53-,61-59-,67-65-. The number of hydrogen-bond donors (Lipinski definition) is 0. The molecule has 9 nitrogen and oxygen atoms in total. The first-order valence-electron chi connectivity index (χ1n) is 35.9. The lowest BCUT2D eigenvalue weighted by Gasteiger charge is -2.26. The van der Waals surface area contributed by atoms with Crippen LogP contribution in [-0.2, 0) is 33.3 Å². The summed E-state index contributed by atoms with van der Waals surface area (Å²) in [7, 11) is 5.90. The van der Waals surface area contributed by atoms with E-state index >= 15 is 0 Å². The van der Waals surface area contributed by atoms with Gasteiger partial charge in [-0.1, -0.05) is 284 Å². The third kappa shape index (κ3) is 72.9. The van der Waals surface area contributed by atoms with E-state index in [-0.39, 0.29) is 38.6 Å². The van der Waals surface area contributed by atoms with E-state index in [0.717, 1.165) is 154 Å². The molecule has 0 rings (SSSR count). The molecule has 0 aromatic carbocycles. The summed E-state index contributed by atoms with van der Waals surface area (Å²) >= 11 is 0. The number of carbonyl (C=O) groups is 3. The summed E-state index contributed by atoms with van der Waals surface area (Å²) < 4.78 is 22.7. The zero-order chi connectivity index (χ0) is 67.5. The SMILES string of the molecule is CC/C=C\C/C=C\C/C=C\C/C=C\C/C=C\C/C=C\C/C=C\C/C=C\C/C=C\C/C=C\CCCCC(=O)OC(COC(=O)CCCCCCCCCCCC/C=C\C/C=C\C/C=C\C/C=C\C/C=C\C/C=C\C/C=C\C/C=C\CC)COC(OCC[N+](C)(C)C)C(=O)[O-]. The molecule has 0 radical (unpaired) electrons. The van der Waals surface area contributed by atoms with E-state index in [1.165, 1.54) is 38.5 Å². The normalized spacial score (nSPS) is 14.0. The summed E-state index contributed by atoms with van der Waals surface area (Å²) in [6, 6.07) is 0. The molecular formula is C84H129NO8. The summed E-state index contributed by atoms with van der Waals surface area (Å²) in [6.07, 6.45) is 110. The summed E-state index contributed by atoms with van der Waals surface area (Å²) in [6.45, 7) is 4.43. The monoisotopic (exact) mass is 1280 g/mol. The van der Waals surface area contributed by atoms with Gasteiger partial charge in [0.05, 0.1) is 40.3 Å². The Morgan fingerprint density at radius 1 is 0.323 bits per heavy atom. The average Bonchev–Trinajstić information content (AvgIpc) is 3.74. The first-order valence-corrected chi connectivity index (χ1v) is 35.9. The number of aliphatic carboxylic acids is 1. The van der Waals surface area contributed by atoms with Crippen molar-refractivity contribution in [1.82, 2.24) is 0 Å². The van der Waals surface area contributed by atoms with E-state index in [2.05, 4.69) is 233 Å². The van der Waals surface area contributed by atoms with E-state index < -0.39 is 24.3 Å². The minimum Gasteiger partial charge on any atom is -0.545 e. The highest BCUT2D eigenvalue weighted by Gasteiger charge is 2.22. The summed E-state index contributed by atoms with van der Waals surface area (Å²) in [5.74, 6) is -2.38. The molecule has 0 saturated carbocycles. The number of nitrogens with zero attached hydrogens (tertiary/aromatic N) is 1. The fourth-order valence-electron chi connectivity index (χ4n) is 8.81. The maximum Gasteiger partial charge on any atom is 0.306 e. The van der Waals surface area contributed by atoms with Crippen molar-refractivity contribution in [3.63, 3.8) is 0 Å². The third-order valence-electron chi connectivity index (χ3n) is 14.2. The third-order valence-corrected chi connectivity index (χ3v) is 14.2. The summed E-state index contributed by atoms with van der Waals surface area (Å²) in [5, 5.41) is 11.8. The van der Waals surface area contributed by atoms with Crippen LogP contribution in [-0.4, -0.2) is 82.3 Å². The van der Waals surface area contributed by atoms with Crippen molar-refractivity contribution in [2.45, 2.75) is 245 Å². The van der Waals surface area contributed by atoms with Crippen LogP contribution in [0.1, 0.15) is 232 Å². The van der Waals surface area contributed by atoms with Crippen LogP contribution in [0.2, 0.25) is 0 Å². The van der Waals surface area contributed by atoms with Crippen LogP contribution in [0.4, 0.5) is 0 Å². The molecule has 0 spiro atoms. The fourth-order valence-corrected chi connectivity index (χ4v) is 8.81. The highest BCUT2D eigenvalue weighted by Crippen LogP contribution is 2.14. The van der Waals surface area contributed by atoms with Crippen molar-refractivity contribution in [2.75, 3.05) is 47.5 Å². The van der Waals surface area contributed by atoms with Gasteiger partial charge in [-0.25, -0.2) is 0 Å². The van der Waals surface area contributed by atoms with Crippen molar-refractivity contribution in [3.8, 4) is 0 Å². The zero-order valence-electron chi connectivity index (χ0n) is 59.0. The van der Waals surface area contributed by atoms with E-state index in [4.69, 9.17) is 18.9 Å². The molecule has 0 N–H and O–H groups in total. The van der Waals surface area contributed by atoms with Gasteiger partial charge in [0.25, 0.3) is 0 Å². The highest BCUT2D eigenvalue weighted by molar-refractivity contribution is 5.70. The number of rotatable bonds is 63. The number of esters is 2. The number of carbonyl (C=O) groups excluding carboxylic acids is 3. The number of ether oxygens (including phenoxy) is 4. The lowest BCUT2D eigenvalue weighted by molar-refractivity contribution is -0.870. The Labute approximate surface area is 568 Å². The molecule has 0 heterocycles. The first kappa shape index (κ1) is 86.6. The molecule has 0 aromatic rings. The molecule has 9 heteroatoms. The fraction of sp³-hybridized carbons (Fsp3) is 0.536. The van der Waals surface area contributed by atoms with Gasteiger partial charge in [-0.2, -0.15) is 0 Å². The molecule has 0 bridgehead atoms. The zero-order valence-corrected chi connectivity index (χ0v) is 59.0. The molecular weight excluding hydrogens is 1150 g/mol. The molecule has 2 unspecified atom stereocenters. The lowest BCUT2D eigenvalue weighted by atomic mass is 10.1. The Balaban J connectivity index is 4.29. The second kappa shape index (κ2) is 71.5. The van der Waals surface area contributed by atoms with E-state index in [1.807, 2.05) is 21.1 Å². The Bertz CT molecular complexity index is 2330. The van der Waals surface area contributed by atoms with Gasteiger partial charge in [0.1, 0.15) is 13.2 Å². The summed E-state index contributed by atoms with van der Waals surface area (Å²) in [5.41, 5.74) is 0. The Hall–Kier alpha value is -6.39. The predicted octanol–water partition coefficient (Wildman–Crippen LogP) is 21.6. The molecule has 0 fully saturated rings. The van der Waals surface area contributed by atoms with Crippen LogP contribution in [0.25, 0.3) is 0 Å². The number of allylic oxidation sites excluding steroid dienone is 36. The smallest absolute Gasteiger partial charge is 0.306 e. The maximum atomic E-state index is 12.9. The molecule has 2 atom stereocenters. The topological polar surface area (TPSA) is 111 Å².